The zero-order valence-electron chi connectivity index (χ0n) is 9.39. The summed E-state index contributed by atoms with van der Waals surface area (Å²) in [6, 6.07) is 3.17. The Morgan fingerprint density at radius 2 is 2.12 bits per heavy atom. The van der Waals surface area contributed by atoms with Gasteiger partial charge >= 0.3 is 0 Å². The number of benzene rings is 1. The Labute approximate surface area is 98.1 Å². The number of anilines is 1. The molecule has 1 rings (SSSR count). The molecule has 3 nitrogen and oxygen atoms in total. The summed E-state index contributed by atoms with van der Waals surface area (Å²) in [5, 5.41) is 10.9. The molecule has 0 atom stereocenters. The van der Waals surface area contributed by atoms with Gasteiger partial charge in [0.15, 0.2) is 0 Å². The second-order valence-corrected chi connectivity index (χ2v) is 3.58. The summed E-state index contributed by atoms with van der Waals surface area (Å²) >= 11 is 0. The highest BCUT2D eigenvalue weighted by atomic mass is 19.1. The topological polar surface area (TPSA) is 52.9 Å². The molecular weight excluding hydrogens is 226 g/mol. The van der Waals surface area contributed by atoms with Gasteiger partial charge < -0.3 is 5.32 Å². The van der Waals surface area contributed by atoms with Gasteiger partial charge in [-0.1, -0.05) is 13.3 Å². The molecule has 90 valence electrons. The number of nitrogens with zero attached hydrogens (tertiary/aromatic N) is 1. The van der Waals surface area contributed by atoms with E-state index in [0.717, 1.165) is 12.5 Å². The van der Waals surface area contributed by atoms with E-state index in [1.807, 2.05) is 6.92 Å². The van der Waals surface area contributed by atoms with Crippen molar-refractivity contribution in [1.82, 2.24) is 0 Å². The van der Waals surface area contributed by atoms with Gasteiger partial charge in [-0.3, -0.25) is 4.79 Å². The minimum Gasteiger partial charge on any atom is -0.324 e. The highest BCUT2D eigenvalue weighted by Crippen LogP contribution is 2.19. The van der Waals surface area contributed by atoms with Crippen molar-refractivity contribution in [2.75, 3.05) is 5.32 Å². The van der Waals surface area contributed by atoms with Crippen LogP contribution in [0.1, 0.15) is 31.7 Å². The van der Waals surface area contributed by atoms with Crippen molar-refractivity contribution in [3.63, 3.8) is 0 Å². The molecule has 0 unspecified atom stereocenters. The van der Waals surface area contributed by atoms with Crippen LogP contribution in [0.25, 0.3) is 0 Å². The molecule has 1 aromatic carbocycles. The van der Waals surface area contributed by atoms with E-state index in [-0.39, 0.29) is 23.6 Å². The average molecular weight is 238 g/mol. The van der Waals surface area contributed by atoms with Crippen LogP contribution < -0.4 is 5.32 Å². The van der Waals surface area contributed by atoms with Crippen molar-refractivity contribution in [1.29, 1.82) is 5.26 Å². The van der Waals surface area contributed by atoms with Crippen LogP contribution >= 0.6 is 0 Å². The minimum absolute atomic E-state index is 0.163. The third-order valence-electron chi connectivity index (χ3n) is 2.21. The predicted octanol–water partition coefficient (Wildman–Crippen LogP) is 2.97. The Bertz CT molecular complexity index is 466. The number of amides is 1. The van der Waals surface area contributed by atoms with Crippen LogP contribution in [-0.2, 0) is 4.79 Å². The molecule has 17 heavy (non-hydrogen) atoms. The third kappa shape index (κ3) is 3.52. The molecule has 0 heterocycles. The zero-order chi connectivity index (χ0) is 12.8. The van der Waals surface area contributed by atoms with Crippen LogP contribution in [0.2, 0.25) is 0 Å². The normalized spacial score (nSPS) is 9.76. The Kier molecular flexibility index (Phi) is 4.58. The molecule has 0 fully saturated rings. The lowest BCUT2D eigenvalue weighted by Crippen LogP contribution is -2.12. The van der Waals surface area contributed by atoms with E-state index in [0.29, 0.717) is 12.5 Å². The molecule has 0 bridgehead atoms. The second kappa shape index (κ2) is 5.94. The van der Waals surface area contributed by atoms with E-state index < -0.39 is 11.6 Å². The number of hydrogen-bond acceptors (Lipinski definition) is 2. The van der Waals surface area contributed by atoms with Gasteiger partial charge in [0.2, 0.25) is 5.91 Å². The number of nitriles is 1. The summed E-state index contributed by atoms with van der Waals surface area (Å²) in [6.45, 7) is 1.93. The fraction of sp³-hybridized carbons (Fsp3) is 0.333. The van der Waals surface area contributed by atoms with Gasteiger partial charge in [0.1, 0.15) is 17.7 Å². The summed E-state index contributed by atoms with van der Waals surface area (Å²) in [7, 11) is 0. The van der Waals surface area contributed by atoms with E-state index in [1.165, 1.54) is 0 Å². The first-order chi connectivity index (χ1) is 8.08. The summed E-state index contributed by atoms with van der Waals surface area (Å²) in [6.07, 6.45) is 1.82. The molecular formula is C12H12F2N2O. The lowest BCUT2D eigenvalue weighted by molar-refractivity contribution is -0.116. The highest BCUT2D eigenvalue weighted by molar-refractivity contribution is 5.91. The Morgan fingerprint density at radius 1 is 1.41 bits per heavy atom. The van der Waals surface area contributed by atoms with Crippen molar-refractivity contribution in [2.45, 2.75) is 26.2 Å². The third-order valence-corrected chi connectivity index (χ3v) is 2.21. The molecule has 0 aliphatic carbocycles. The fourth-order valence-electron chi connectivity index (χ4n) is 1.28. The van der Waals surface area contributed by atoms with Crippen LogP contribution in [0.15, 0.2) is 12.1 Å². The average Bonchev–Trinajstić information content (AvgIpc) is 2.30. The first kappa shape index (κ1) is 13.1. The number of hydrogen-bond donors (Lipinski definition) is 1. The Morgan fingerprint density at radius 3 is 2.71 bits per heavy atom. The SMILES string of the molecule is CCCCC(=O)Nc1cc(C#N)c(F)cc1F. The van der Waals surface area contributed by atoms with Crippen LogP contribution in [0.4, 0.5) is 14.5 Å². The van der Waals surface area contributed by atoms with Gasteiger partial charge in [-0.2, -0.15) is 5.26 Å². The highest BCUT2D eigenvalue weighted by Gasteiger charge is 2.11. The smallest absolute Gasteiger partial charge is 0.224 e. The van der Waals surface area contributed by atoms with Crippen molar-refractivity contribution in [3.05, 3.63) is 29.3 Å². The van der Waals surface area contributed by atoms with Crippen LogP contribution in [0.3, 0.4) is 0 Å². The minimum atomic E-state index is -0.934. The summed E-state index contributed by atoms with van der Waals surface area (Å²) in [4.78, 5) is 11.4. The molecule has 0 radical (unpaired) electrons. The fourth-order valence-corrected chi connectivity index (χ4v) is 1.28. The monoisotopic (exact) mass is 238 g/mol. The standard InChI is InChI=1S/C12H12F2N2O/c1-2-3-4-12(17)16-11-5-8(7-15)9(13)6-10(11)14/h5-6H,2-4H2,1H3,(H,16,17). The van der Waals surface area contributed by atoms with E-state index in [2.05, 4.69) is 5.32 Å². The van der Waals surface area contributed by atoms with Crippen molar-refractivity contribution >= 4 is 11.6 Å². The van der Waals surface area contributed by atoms with E-state index >= 15 is 0 Å². The Balaban J connectivity index is 2.85. The van der Waals surface area contributed by atoms with Gasteiger partial charge in [-0.25, -0.2) is 8.78 Å². The van der Waals surface area contributed by atoms with Gasteiger partial charge in [-0.15, -0.1) is 0 Å². The number of rotatable bonds is 4. The molecule has 0 saturated heterocycles. The van der Waals surface area contributed by atoms with Crippen LogP contribution in [0.5, 0.6) is 0 Å². The quantitative estimate of drug-likeness (QED) is 0.876. The van der Waals surface area contributed by atoms with E-state index in [9.17, 15) is 13.6 Å². The predicted molar refractivity (Wildman–Crippen MR) is 59.2 cm³/mol. The first-order valence-corrected chi connectivity index (χ1v) is 5.27. The molecule has 5 heteroatoms. The lowest BCUT2D eigenvalue weighted by atomic mass is 10.2. The number of unbranched alkanes of at least 4 members (excludes halogenated alkanes) is 1. The molecule has 0 spiro atoms. The number of carbonyl (C=O) groups is 1. The Hall–Kier alpha value is -1.96. The molecule has 1 N–H and O–H groups in total. The van der Waals surface area contributed by atoms with E-state index in [1.54, 1.807) is 6.07 Å². The van der Waals surface area contributed by atoms with Crippen molar-refractivity contribution in [2.24, 2.45) is 0 Å². The largest absolute Gasteiger partial charge is 0.324 e. The summed E-state index contributed by atoms with van der Waals surface area (Å²) in [5.74, 6) is -2.16. The number of nitrogens with one attached hydrogen (secondary N) is 1. The van der Waals surface area contributed by atoms with Crippen LogP contribution in [0, 0.1) is 23.0 Å². The number of halogens is 2. The van der Waals surface area contributed by atoms with Gasteiger partial charge in [-0.05, 0) is 12.5 Å². The maximum absolute atomic E-state index is 13.3. The van der Waals surface area contributed by atoms with Crippen molar-refractivity contribution < 1.29 is 13.6 Å². The van der Waals surface area contributed by atoms with Crippen molar-refractivity contribution in [3.8, 4) is 6.07 Å². The maximum atomic E-state index is 13.3. The molecule has 0 saturated carbocycles. The zero-order valence-corrected chi connectivity index (χ0v) is 9.39. The molecule has 0 aliphatic rings. The number of carbonyl (C=O) groups excluding carboxylic acids is 1. The van der Waals surface area contributed by atoms with Crippen LogP contribution in [-0.4, -0.2) is 5.91 Å². The van der Waals surface area contributed by atoms with Gasteiger partial charge in [0, 0.05) is 12.5 Å². The summed E-state index contributed by atoms with van der Waals surface area (Å²) in [5.41, 5.74) is -0.457. The van der Waals surface area contributed by atoms with Gasteiger partial charge in [0.05, 0.1) is 11.3 Å². The second-order valence-electron chi connectivity index (χ2n) is 3.58. The first-order valence-electron chi connectivity index (χ1n) is 5.27. The lowest BCUT2D eigenvalue weighted by Gasteiger charge is -2.06. The molecule has 1 amide bonds. The molecule has 0 aromatic heterocycles. The maximum Gasteiger partial charge on any atom is 0.224 e. The molecule has 1 aromatic rings. The molecule has 0 aliphatic heterocycles. The van der Waals surface area contributed by atoms with Gasteiger partial charge in [0.25, 0.3) is 0 Å². The van der Waals surface area contributed by atoms with E-state index in [4.69, 9.17) is 5.26 Å². The summed E-state index contributed by atoms with van der Waals surface area (Å²) < 4.78 is 26.3.